The van der Waals surface area contributed by atoms with Crippen molar-refractivity contribution in [2.45, 2.75) is 11.8 Å². The molecule has 0 aliphatic heterocycles. The van der Waals surface area contributed by atoms with Gasteiger partial charge in [0.05, 0.1) is 0 Å². The Kier molecular flexibility index (Phi) is 5.79. The highest BCUT2D eigenvalue weighted by molar-refractivity contribution is 6.32. The van der Waals surface area contributed by atoms with Gasteiger partial charge in [-0.1, -0.05) is 47.5 Å². The monoisotopic (exact) mass is 364 g/mol. The fraction of sp³-hybridized carbons (Fsp3) is 0.250. The summed E-state index contributed by atoms with van der Waals surface area (Å²) < 4.78 is 14.1. The fourth-order valence-electron chi connectivity index (χ4n) is 2.29. The first-order valence-electron chi connectivity index (χ1n) is 6.33. The van der Waals surface area contributed by atoms with Gasteiger partial charge in [-0.3, -0.25) is 0 Å². The number of hydrogen-bond acceptors (Lipinski definition) is 0. The van der Waals surface area contributed by atoms with Gasteiger partial charge in [0.2, 0.25) is 0 Å². The van der Waals surface area contributed by atoms with Crippen LogP contribution in [0.1, 0.15) is 11.1 Å². The quantitative estimate of drug-likeness (QED) is 0.562. The molecule has 0 nitrogen and oxygen atoms in total. The average molecular weight is 366 g/mol. The highest BCUT2D eigenvalue weighted by Gasteiger charge is 2.33. The van der Waals surface area contributed by atoms with Crippen molar-refractivity contribution in [2.24, 2.45) is 0 Å². The molecule has 0 N–H and O–H groups in total. The lowest BCUT2D eigenvalue weighted by Gasteiger charge is -2.31. The molecule has 0 spiro atoms. The van der Waals surface area contributed by atoms with E-state index in [1.807, 2.05) is 18.2 Å². The molecule has 0 aliphatic carbocycles. The van der Waals surface area contributed by atoms with E-state index in [1.165, 1.54) is 6.07 Å². The second-order valence-electron chi connectivity index (χ2n) is 4.94. The van der Waals surface area contributed by atoms with Gasteiger partial charge < -0.3 is 0 Å². The highest BCUT2D eigenvalue weighted by atomic mass is 35.5. The predicted molar refractivity (Wildman–Crippen MR) is 89.7 cm³/mol. The molecular weight excluding hydrogens is 353 g/mol. The Labute approximate surface area is 143 Å². The molecule has 0 saturated heterocycles. The van der Waals surface area contributed by atoms with E-state index in [0.29, 0.717) is 22.0 Å². The van der Waals surface area contributed by atoms with E-state index in [1.54, 1.807) is 18.2 Å². The van der Waals surface area contributed by atoms with Crippen LogP contribution in [-0.2, 0) is 11.8 Å². The topological polar surface area (TPSA) is 0 Å². The fourth-order valence-corrected chi connectivity index (χ4v) is 3.55. The first-order chi connectivity index (χ1) is 10.0. The predicted octanol–water partition coefficient (Wildman–Crippen LogP) is 6.09. The molecule has 0 fully saturated rings. The standard InChI is InChI=1S/C16H13Cl4F/c17-9-16(10-18,13-3-1-2-4-14(13)20)8-11-5-6-12(19)7-15(11)21/h1-7H,8-10H2. The molecule has 0 amide bonds. The Balaban J connectivity index is 2.46. The Morgan fingerprint density at radius 3 is 2.19 bits per heavy atom. The molecule has 0 saturated carbocycles. The van der Waals surface area contributed by atoms with E-state index in [9.17, 15) is 4.39 Å². The molecule has 2 aromatic carbocycles. The lowest BCUT2D eigenvalue weighted by molar-refractivity contribution is 0.512. The van der Waals surface area contributed by atoms with Crippen molar-refractivity contribution in [3.8, 4) is 0 Å². The molecule has 2 aromatic rings. The summed E-state index contributed by atoms with van der Waals surface area (Å²) in [6, 6.07) is 12.0. The van der Waals surface area contributed by atoms with E-state index in [4.69, 9.17) is 46.4 Å². The van der Waals surface area contributed by atoms with Gasteiger partial charge in [-0.2, -0.15) is 0 Å². The Morgan fingerprint density at radius 1 is 0.952 bits per heavy atom. The van der Waals surface area contributed by atoms with Gasteiger partial charge in [-0.25, -0.2) is 4.39 Å². The summed E-state index contributed by atoms with van der Waals surface area (Å²) in [6.07, 6.45) is 0.354. The van der Waals surface area contributed by atoms with Crippen molar-refractivity contribution in [1.29, 1.82) is 0 Å². The largest absolute Gasteiger partial charge is 0.207 e. The lowest BCUT2D eigenvalue weighted by atomic mass is 9.78. The molecule has 0 heterocycles. The maximum absolute atomic E-state index is 14.1. The van der Waals surface area contributed by atoms with Crippen molar-refractivity contribution in [3.63, 3.8) is 0 Å². The molecule has 21 heavy (non-hydrogen) atoms. The van der Waals surface area contributed by atoms with Crippen molar-refractivity contribution >= 4 is 46.4 Å². The third kappa shape index (κ3) is 3.65. The number of halogens is 5. The van der Waals surface area contributed by atoms with Crippen LogP contribution in [0.3, 0.4) is 0 Å². The number of alkyl halides is 2. The van der Waals surface area contributed by atoms with Crippen LogP contribution in [0.15, 0.2) is 42.5 Å². The molecule has 5 heteroatoms. The van der Waals surface area contributed by atoms with Crippen LogP contribution in [0.4, 0.5) is 4.39 Å². The summed E-state index contributed by atoms with van der Waals surface area (Å²) in [5.41, 5.74) is 0.711. The molecule has 2 rings (SSSR count). The van der Waals surface area contributed by atoms with E-state index in [-0.39, 0.29) is 17.6 Å². The van der Waals surface area contributed by atoms with Gasteiger partial charge in [0.25, 0.3) is 0 Å². The first-order valence-corrected chi connectivity index (χ1v) is 8.16. The maximum Gasteiger partial charge on any atom is 0.127 e. The SMILES string of the molecule is Fc1cc(Cl)ccc1CC(CCl)(CCl)c1ccccc1Cl. The zero-order chi connectivity index (χ0) is 15.5. The lowest BCUT2D eigenvalue weighted by Crippen LogP contribution is -2.34. The number of rotatable bonds is 5. The van der Waals surface area contributed by atoms with E-state index >= 15 is 0 Å². The molecular formula is C16H13Cl4F. The van der Waals surface area contributed by atoms with E-state index in [0.717, 1.165) is 5.56 Å². The zero-order valence-corrected chi connectivity index (χ0v) is 14.1. The zero-order valence-electron chi connectivity index (χ0n) is 11.1. The minimum atomic E-state index is -0.629. The minimum absolute atomic E-state index is 0.238. The maximum atomic E-state index is 14.1. The first kappa shape index (κ1) is 16.9. The third-order valence-electron chi connectivity index (χ3n) is 3.50. The second-order valence-corrected chi connectivity index (χ2v) is 6.32. The van der Waals surface area contributed by atoms with Gasteiger partial charge in [0.15, 0.2) is 0 Å². The van der Waals surface area contributed by atoms with Gasteiger partial charge >= 0.3 is 0 Å². The summed E-state index contributed by atoms with van der Waals surface area (Å²) >= 11 is 24.4. The molecule has 112 valence electrons. The van der Waals surface area contributed by atoms with Gasteiger partial charge in [-0.15, -0.1) is 23.2 Å². The van der Waals surface area contributed by atoms with Crippen LogP contribution in [0.25, 0.3) is 0 Å². The van der Waals surface area contributed by atoms with Crippen molar-refractivity contribution in [1.82, 2.24) is 0 Å². The van der Waals surface area contributed by atoms with Gasteiger partial charge in [0, 0.05) is 27.2 Å². The van der Waals surface area contributed by atoms with Crippen molar-refractivity contribution < 1.29 is 4.39 Å². The minimum Gasteiger partial charge on any atom is -0.207 e. The molecule has 0 radical (unpaired) electrons. The second kappa shape index (κ2) is 7.19. The van der Waals surface area contributed by atoms with Crippen LogP contribution < -0.4 is 0 Å². The average Bonchev–Trinajstić information content (AvgIpc) is 2.48. The summed E-state index contributed by atoms with van der Waals surface area (Å²) in [7, 11) is 0. The normalized spacial score (nSPS) is 11.7. The van der Waals surface area contributed by atoms with Gasteiger partial charge in [-0.05, 0) is 35.7 Å². The van der Waals surface area contributed by atoms with Crippen molar-refractivity contribution in [2.75, 3.05) is 11.8 Å². The smallest absolute Gasteiger partial charge is 0.127 e. The van der Waals surface area contributed by atoms with Crippen LogP contribution in [-0.4, -0.2) is 11.8 Å². The van der Waals surface area contributed by atoms with E-state index in [2.05, 4.69) is 0 Å². The van der Waals surface area contributed by atoms with Crippen LogP contribution >= 0.6 is 46.4 Å². The van der Waals surface area contributed by atoms with E-state index < -0.39 is 5.41 Å². The molecule has 0 aliphatic rings. The Morgan fingerprint density at radius 2 is 1.62 bits per heavy atom. The number of hydrogen-bond donors (Lipinski definition) is 0. The van der Waals surface area contributed by atoms with Crippen LogP contribution in [0, 0.1) is 5.82 Å². The van der Waals surface area contributed by atoms with Crippen LogP contribution in [0.5, 0.6) is 0 Å². The highest BCUT2D eigenvalue weighted by Crippen LogP contribution is 2.36. The Bertz CT molecular complexity index is 623. The summed E-state index contributed by atoms with van der Waals surface area (Å²) in [4.78, 5) is 0. The van der Waals surface area contributed by atoms with Crippen molar-refractivity contribution in [3.05, 3.63) is 69.5 Å². The summed E-state index contributed by atoms with van der Waals surface area (Å²) in [6.45, 7) is 0. The third-order valence-corrected chi connectivity index (χ3v) is 5.09. The number of benzene rings is 2. The van der Waals surface area contributed by atoms with Crippen LogP contribution in [0.2, 0.25) is 10.0 Å². The molecule has 0 atom stereocenters. The molecule has 0 aromatic heterocycles. The summed E-state index contributed by atoms with van der Waals surface area (Å²) in [5.74, 6) is 0.110. The summed E-state index contributed by atoms with van der Waals surface area (Å²) in [5, 5.41) is 0.935. The molecule has 0 unspecified atom stereocenters. The Hall–Kier alpha value is -0.470. The van der Waals surface area contributed by atoms with Gasteiger partial charge in [0.1, 0.15) is 5.82 Å². The molecule has 0 bridgehead atoms.